The Bertz CT molecular complexity index is 358. The van der Waals surface area contributed by atoms with Crippen molar-refractivity contribution in [3.8, 4) is 0 Å². The van der Waals surface area contributed by atoms with Gasteiger partial charge in [0, 0.05) is 12.2 Å². The molecule has 1 saturated carbocycles. The molecule has 2 heteroatoms. The average Bonchev–Trinajstić information content (AvgIpc) is 3.16. The predicted molar refractivity (Wildman–Crippen MR) is 78.6 cm³/mol. The van der Waals surface area contributed by atoms with Crippen molar-refractivity contribution in [2.45, 2.75) is 39.0 Å². The average molecular weight is 246 g/mol. The monoisotopic (exact) mass is 246 g/mol. The highest BCUT2D eigenvalue weighted by Gasteiger charge is 2.23. The summed E-state index contributed by atoms with van der Waals surface area (Å²) in [5, 5.41) is 0. The van der Waals surface area contributed by atoms with Gasteiger partial charge in [-0.05, 0) is 62.7 Å². The number of hydrogen-bond acceptors (Lipinski definition) is 2. The normalized spacial score (nSPS) is 15.2. The Labute approximate surface area is 111 Å². The Kier molecular flexibility index (Phi) is 5.06. The van der Waals surface area contributed by atoms with Crippen molar-refractivity contribution in [1.29, 1.82) is 0 Å². The van der Waals surface area contributed by atoms with Gasteiger partial charge in [0.25, 0.3) is 0 Å². The number of aryl methyl sites for hydroxylation is 1. The highest BCUT2D eigenvalue weighted by Crippen LogP contribution is 2.29. The summed E-state index contributed by atoms with van der Waals surface area (Å²) in [6.45, 7) is 6.06. The van der Waals surface area contributed by atoms with Crippen LogP contribution in [-0.2, 0) is 6.42 Å². The van der Waals surface area contributed by atoms with Crippen molar-refractivity contribution in [2.24, 2.45) is 5.92 Å². The number of para-hydroxylation sites is 1. The lowest BCUT2D eigenvalue weighted by Gasteiger charge is -2.21. The van der Waals surface area contributed by atoms with Gasteiger partial charge < -0.3 is 10.6 Å². The van der Waals surface area contributed by atoms with Gasteiger partial charge in [-0.2, -0.15) is 0 Å². The predicted octanol–water partition coefficient (Wildman–Crippen LogP) is 3.32. The molecule has 2 rings (SSSR count). The fraction of sp³-hybridized carbons (Fsp3) is 0.625. The molecule has 0 aliphatic heterocycles. The second-order valence-corrected chi connectivity index (χ2v) is 5.55. The van der Waals surface area contributed by atoms with Gasteiger partial charge in [0.15, 0.2) is 0 Å². The first-order valence-corrected chi connectivity index (χ1v) is 7.35. The zero-order chi connectivity index (χ0) is 12.8. The fourth-order valence-electron chi connectivity index (χ4n) is 2.53. The summed E-state index contributed by atoms with van der Waals surface area (Å²) in [6.07, 6.45) is 6.50. The van der Waals surface area contributed by atoms with Crippen LogP contribution in [0.25, 0.3) is 0 Å². The molecule has 0 saturated heterocycles. The van der Waals surface area contributed by atoms with E-state index >= 15 is 0 Å². The molecule has 0 radical (unpaired) electrons. The number of nitrogens with zero attached hydrogens (tertiary/aromatic N) is 1. The van der Waals surface area contributed by atoms with Crippen molar-refractivity contribution < 1.29 is 0 Å². The molecule has 0 spiro atoms. The maximum Gasteiger partial charge on any atom is 0.0346 e. The Balaban J connectivity index is 1.73. The lowest BCUT2D eigenvalue weighted by atomic mass is 10.1. The molecule has 2 nitrogen and oxygen atoms in total. The lowest BCUT2D eigenvalue weighted by Crippen LogP contribution is -2.28. The minimum Gasteiger partial charge on any atom is -0.399 e. The minimum absolute atomic E-state index is 0.946. The fourth-order valence-corrected chi connectivity index (χ4v) is 2.53. The molecule has 0 heterocycles. The van der Waals surface area contributed by atoms with Crippen LogP contribution in [0.15, 0.2) is 24.3 Å². The van der Waals surface area contributed by atoms with Gasteiger partial charge in [-0.25, -0.2) is 0 Å². The molecule has 0 aromatic heterocycles. The second-order valence-electron chi connectivity index (χ2n) is 5.55. The van der Waals surface area contributed by atoms with E-state index in [4.69, 9.17) is 5.73 Å². The van der Waals surface area contributed by atoms with E-state index < -0.39 is 0 Å². The van der Waals surface area contributed by atoms with Crippen LogP contribution in [0.3, 0.4) is 0 Å². The van der Waals surface area contributed by atoms with Gasteiger partial charge in [0.2, 0.25) is 0 Å². The topological polar surface area (TPSA) is 29.3 Å². The van der Waals surface area contributed by atoms with Gasteiger partial charge >= 0.3 is 0 Å². The number of rotatable bonds is 8. The highest BCUT2D eigenvalue weighted by molar-refractivity contribution is 5.46. The van der Waals surface area contributed by atoms with Crippen LogP contribution in [0.5, 0.6) is 0 Å². The summed E-state index contributed by atoms with van der Waals surface area (Å²) >= 11 is 0. The van der Waals surface area contributed by atoms with Gasteiger partial charge in [-0.15, -0.1) is 0 Å². The lowest BCUT2D eigenvalue weighted by molar-refractivity contribution is 0.260. The Morgan fingerprint density at radius 1 is 1.22 bits per heavy atom. The zero-order valence-electron chi connectivity index (χ0n) is 11.6. The van der Waals surface area contributed by atoms with Crippen molar-refractivity contribution in [3.05, 3.63) is 29.8 Å². The van der Waals surface area contributed by atoms with E-state index in [1.807, 2.05) is 12.1 Å². The molecule has 1 aliphatic carbocycles. The first-order valence-electron chi connectivity index (χ1n) is 7.35. The smallest absolute Gasteiger partial charge is 0.0346 e. The molecule has 1 aliphatic rings. The van der Waals surface area contributed by atoms with E-state index in [9.17, 15) is 0 Å². The summed E-state index contributed by atoms with van der Waals surface area (Å²) in [5.41, 5.74) is 8.23. The number of nitrogens with two attached hydrogens (primary N) is 1. The molecular weight excluding hydrogens is 220 g/mol. The van der Waals surface area contributed by atoms with E-state index in [-0.39, 0.29) is 0 Å². The molecule has 1 aromatic rings. The molecule has 1 aromatic carbocycles. The van der Waals surface area contributed by atoms with Crippen molar-refractivity contribution in [2.75, 3.05) is 25.4 Å². The van der Waals surface area contributed by atoms with Crippen LogP contribution in [0.2, 0.25) is 0 Å². The van der Waals surface area contributed by atoms with Crippen LogP contribution in [0, 0.1) is 5.92 Å². The SMILES string of the molecule is CCCN(CCCc1ccccc1N)CC1CC1. The van der Waals surface area contributed by atoms with Crippen molar-refractivity contribution in [3.63, 3.8) is 0 Å². The van der Waals surface area contributed by atoms with E-state index in [0.29, 0.717) is 0 Å². The Morgan fingerprint density at radius 2 is 2.00 bits per heavy atom. The van der Waals surface area contributed by atoms with Crippen LogP contribution in [0.4, 0.5) is 5.69 Å². The largest absolute Gasteiger partial charge is 0.399 e. The number of benzene rings is 1. The van der Waals surface area contributed by atoms with E-state index in [1.165, 1.54) is 50.9 Å². The number of anilines is 1. The van der Waals surface area contributed by atoms with Crippen molar-refractivity contribution in [1.82, 2.24) is 4.90 Å². The standard InChI is InChI=1S/C16H26N2/c1-2-11-18(13-14-9-10-14)12-5-7-15-6-3-4-8-16(15)17/h3-4,6,8,14H,2,5,7,9-13,17H2,1H3. The number of nitrogen functional groups attached to an aromatic ring is 1. The quantitative estimate of drug-likeness (QED) is 0.713. The van der Waals surface area contributed by atoms with Gasteiger partial charge in [-0.1, -0.05) is 25.1 Å². The Hall–Kier alpha value is -1.02. The van der Waals surface area contributed by atoms with Gasteiger partial charge in [0.05, 0.1) is 0 Å². The zero-order valence-corrected chi connectivity index (χ0v) is 11.6. The molecule has 1 fully saturated rings. The van der Waals surface area contributed by atoms with E-state index in [0.717, 1.165) is 18.0 Å². The molecule has 0 atom stereocenters. The Morgan fingerprint density at radius 3 is 2.67 bits per heavy atom. The molecule has 0 unspecified atom stereocenters. The maximum absolute atomic E-state index is 5.97. The van der Waals surface area contributed by atoms with Crippen LogP contribution in [0.1, 0.15) is 38.2 Å². The molecule has 2 N–H and O–H groups in total. The third kappa shape index (κ3) is 4.34. The van der Waals surface area contributed by atoms with E-state index in [1.54, 1.807) is 0 Å². The highest BCUT2D eigenvalue weighted by atomic mass is 15.1. The summed E-state index contributed by atoms with van der Waals surface area (Å²) in [7, 11) is 0. The van der Waals surface area contributed by atoms with Crippen LogP contribution < -0.4 is 5.73 Å². The summed E-state index contributed by atoms with van der Waals surface area (Å²) in [6, 6.07) is 8.25. The summed E-state index contributed by atoms with van der Waals surface area (Å²) < 4.78 is 0. The van der Waals surface area contributed by atoms with Gasteiger partial charge in [-0.3, -0.25) is 0 Å². The third-order valence-corrected chi connectivity index (χ3v) is 3.73. The van der Waals surface area contributed by atoms with Crippen LogP contribution in [-0.4, -0.2) is 24.5 Å². The molecular formula is C16H26N2. The molecule has 18 heavy (non-hydrogen) atoms. The summed E-state index contributed by atoms with van der Waals surface area (Å²) in [5.74, 6) is 0.998. The van der Waals surface area contributed by atoms with Crippen molar-refractivity contribution >= 4 is 5.69 Å². The van der Waals surface area contributed by atoms with Crippen LogP contribution >= 0.6 is 0 Å². The van der Waals surface area contributed by atoms with Gasteiger partial charge in [0.1, 0.15) is 0 Å². The third-order valence-electron chi connectivity index (χ3n) is 3.73. The minimum atomic E-state index is 0.946. The van der Waals surface area contributed by atoms with E-state index in [2.05, 4.69) is 24.0 Å². The number of hydrogen-bond donors (Lipinski definition) is 1. The summed E-state index contributed by atoms with van der Waals surface area (Å²) in [4.78, 5) is 2.64. The maximum atomic E-state index is 5.97. The molecule has 0 amide bonds. The first kappa shape index (κ1) is 13.4. The second kappa shape index (κ2) is 6.79. The first-order chi connectivity index (χ1) is 8.79. The molecule has 0 bridgehead atoms. The molecule has 100 valence electrons.